The van der Waals surface area contributed by atoms with Gasteiger partial charge in [-0.2, -0.15) is 0 Å². The van der Waals surface area contributed by atoms with E-state index in [1.54, 1.807) is 0 Å². The summed E-state index contributed by atoms with van der Waals surface area (Å²) in [6, 6.07) is 2.64. The van der Waals surface area contributed by atoms with E-state index in [4.69, 9.17) is 0 Å². The molecule has 0 saturated carbocycles. The van der Waals surface area contributed by atoms with Crippen LogP contribution >= 0.6 is 0 Å². The van der Waals surface area contributed by atoms with Gasteiger partial charge >= 0.3 is 0 Å². The van der Waals surface area contributed by atoms with E-state index in [1.807, 2.05) is 19.9 Å². The lowest BCUT2D eigenvalue weighted by Crippen LogP contribution is -2.39. The van der Waals surface area contributed by atoms with Crippen LogP contribution in [0.1, 0.15) is 44.0 Å². The van der Waals surface area contributed by atoms with Gasteiger partial charge < -0.3 is 10.2 Å². The van der Waals surface area contributed by atoms with Crippen molar-refractivity contribution in [2.75, 3.05) is 24.5 Å². The number of aryl methyl sites for hydroxylation is 2. The lowest BCUT2D eigenvalue weighted by Gasteiger charge is -2.26. The maximum absolute atomic E-state index is 4.62. The summed E-state index contributed by atoms with van der Waals surface area (Å²) < 4.78 is 0. The first-order valence-corrected chi connectivity index (χ1v) is 7.49. The molecule has 0 aliphatic carbocycles. The van der Waals surface area contributed by atoms with Crippen LogP contribution < -0.4 is 10.2 Å². The van der Waals surface area contributed by atoms with Gasteiger partial charge in [0.1, 0.15) is 0 Å². The monoisotopic (exact) mass is 262 g/mol. The third kappa shape index (κ3) is 4.16. The van der Waals surface area contributed by atoms with Gasteiger partial charge in [0.15, 0.2) is 0 Å². The minimum Gasteiger partial charge on any atom is -0.339 e. The molecule has 0 spiro atoms. The molecule has 4 heteroatoms. The normalized spacial score (nSPS) is 18.8. The Morgan fingerprint density at radius 2 is 2.05 bits per heavy atom. The molecule has 0 radical (unpaired) electrons. The van der Waals surface area contributed by atoms with Gasteiger partial charge in [0.2, 0.25) is 5.95 Å². The van der Waals surface area contributed by atoms with E-state index in [2.05, 4.69) is 27.1 Å². The van der Waals surface area contributed by atoms with Crippen molar-refractivity contribution >= 4 is 5.95 Å². The molecule has 106 valence electrons. The topological polar surface area (TPSA) is 41.0 Å². The van der Waals surface area contributed by atoms with Gasteiger partial charge in [0, 0.05) is 30.5 Å². The Labute approximate surface area is 116 Å². The summed E-state index contributed by atoms with van der Waals surface area (Å²) in [6.07, 6.45) is 4.97. The molecule has 1 aromatic heterocycles. The van der Waals surface area contributed by atoms with Gasteiger partial charge in [0.05, 0.1) is 0 Å². The van der Waals surface area contributed by atoms with Crippen molar-refractivity contribution in [2.45, 2.75) is 52.5 Å². The summed E-state index contributed by atoms with van der Waals surface area (Å²) in [6.45, 7) is 9.56. The molecule has 0 aromatic carbocycles. The standard InChI is InChI=1S/C15H26N4/c1-4-5-9-19(11-14-7-6-8-16-14)15-17-12(2)10-13(3)18-15/h10,14,16H,4-9,11H2,1-3H3. The van der Waals surface area contributed by atoms with Gasteiger partial charge in [-0.05, 0) is 45.7 Å². The highest BCUT2D eigenvalue weighted by Crippen LogP contribution is 2.14. The second-order valence-corrected chi connectivity index (χ2v) is 5.54. The summed E-state index contributed by atoms with van der Waals surface area (Å²) in [5, 5.41) is 3.57. The van der Waals surface area contributed by atoms with Crippen molar-refractivity contribution in [3.05, 3.63) is 17.5 Å². The number of nitrogens with zero attached hydrogens (tertiary/aromatic N) is 3. The highest BCUT2D eigenvalue weighted by Gasteiger charge is 2.19. The summed E-state index contributed by atoms with van der Waals surface area (Å²) in [7, 11) is 0. The van der Waals surface area contributed by atoms with E-state index < -0.39 is 0 Å². The Morgan fingerprint density at radius 3 is 2.63 bits per heavy atom. The van der Waals surface area contributed by atoms with E-state index in [1.165, 1.54) is 25.7 Å². The summed E-state index contributed by atoms with van der Waals surface area (Å²) >= 11 is 0. The highest BCUT2D eigenvalue weighted by atomic mass is 15.3. The molecule has 19 heavy (non-hydrogen) atoms. The third-order valence-corrected chi connectivity index (χ3v) is 3.64. The predicted molar refractivity (Wildman–Crippen MR) is 79.7 cm³/mol. The minimum absolute atomic E-state index is 0.598. The Morgan fingerprint density at radius 1 is 1.32 bits per heavy atom. The average Bonchev–Trinajstić information content (AvgIpc) is 2.86. The van der Waals surface area contributed by atoms with Crippen LogP contribution in [-0.4, -0.2) is 35.6 Å². The zero-order chi connectivity index (χ0) is 13.7. The first kappa shape index (κ1) is 14.3. The van der Waals surface area contributed by atoms with Crippen LogP contribution in [0.5, 0.6) is 0 Å². The van der Waals surface area contributed by atoms with Crippen molar-refractivity contribution < 1.29 is 0 Å². The Balaban J connectivity index is 2.10. The molecule has 1 unspecified atom stereocenters. The number of aromatic nitrogens is 2. The van der Waals surface area contributed by atoms with Crippen molar-refractivity contribution in [3.8, 4) is 0 Å². The van der Waals surface area contributed by atoms with Crippen LogP contribution in [0.25, 0.3) is 0 Å². The molecule has 1 fully saturated rings. The fourth-order valence-corrected chi connectivity index (χ4v) is 2.65. The average molecular weight is 262 g/mol. The number of anilines is 1. The first-order chi connectivity index (χ1) is 9.19. The van der Waals surface area contributed by atoms with Gasteiger partial charge in [-0.25, -0.2) is 9.97 Å². The fourth-order valence-electron chi connectivity index (χ4n) is 2.65. The van der Waals surface area contributed by atoms with E-state index in [0.717, 1.165) is 37.0 Å². The minimum atomic E-state index is 0.598. The molecule has 1 atom stereocenters. The molecule has 0 amide bonds. The van der Waals surface area contributed by atoms with Crippen molar-refractivity contribution in [2.24, 2.45) is 0 Å². The van der Waals surface area contributed by atoms with Crippen LogP contribution in [0.3, 0.4) is 0 Å². The summed E-state index contributed by atoms with van der Waals surface area (Å²) in [4.78, 5) is 11.6. The van der Waals surface area contributed by atoms with Gasteiger partial charge in [0.25, 0.3) is 0 Å². The second-order valence-electron chi connectivity index (χ2n) is 5.54. The Hall–Kier alpha value is -1.16. The van der Waals surface area contributed by atoms with Crippen molar-refractivity contribution in [3.63, 3.8) is 0 Å². The van der Waals surface area contributed by atoms with E-state index in [9.17, 15) is 0 Å². The molecule has 1 saturated heterocycles. The number of nitrogens with one attached hydrogen (secondary N) is 1. The maximum Gasteiger partial charge on any atom is 0.225 e. The fraction of sp³-hybridized carbons (Fsp3) is 0.733. The molecular weight excluding hydrogens is 236 g/mol. The summed E-state index contributed by atoms with van der Waals surface area (Å²) in [5.41, 5.74) is 2.12. The molecule has 0 bridgehead atoms. The van der Waals surface area contributed by atoms with Gasteiger partial charge in [-0.1, -0.05) is 13.3 Å². The maximum atomic E-state index is 4.62. The van der Waals surface area contributed by atoms with E-state index in [-0.39, 0.29) is 0 Å². The largest absolute Gasteiger partial charge is 0.339 e. The molecule has 4 nitrogen and oxygen atoms in total. The zero-order valence-corrected chi connectivity index (χ0v) is 12.4. The molecule has 1 aromatic rings. The predicted octanol–water partition coefficient (Wildman–Crippen LogP) is 2.45. The molecule has 1 aliphatic rings. The van der Waals surface area contributed by atoms with Crippen LogP contribution in [0.2, 0.25) is 0 Å². The first-order valence-electron chi connectivity index (χ1n) is 7.49. The lowest BCUT2D eigenvalue weighted by atomic mass is 10.2. The Bertz CT molecular complexity index is 379. The number of hydrogen-bond donors (Lipinski definition) is 1. The molecule has 2 rings (SSSR count). The quantitative estimate of drug-likeness (QED) is 0.855. The van der Waals surface area contributed by atoms with E-state index in [0.29, 0.717) is 6.04 Å². The second kappa shape index (κ2) is 6.85. The zero-order valence-electron chi connectivity index (χ0n) is 12.4. The highest BCUT2D eigenvalue weighted by molar-refractivity contribution is 5.32. The Kier molecular flexibility index (Phi) is 5.14. The molecular formula is C15H26N4. The number of hydrogen-bond acceptors (Lipinski definition) is 4. The molecule has 2 heterocycles. The van der Waals surface area contributed by atoms with Gasteiger partial charge in [-0.3, -0.25) is 0 Å². The molecule has 1 N–H and O–H groups in total. The van der Waals surface area contributed by atoms with Crippen LogP contribution in [0.15, 0.2) is 6.07 Å². The van der Waals surface area contributed by atoms with Crippen LogP contribution in [0.4, 0.5) is 5.95 Å². The van der Waals surface area contributed by atoms with Gasteiger partial charge in [-0.15, -0.1) is 0 Å². The summed E-state index contributed by atoms with van der Waals surface area (Å²) in [5.74, 6) is 0.902. The third-order valence-electron chi connectivity index (χ3n) is 3.64. The van der Waals surface area contributed by atoms with Crippen LogP contribution in [0, 0.1) is 13.8 Å². The molecule has 1 aliphatic heterocycles. The smallest absolute Gasteiger partial charge is 0.225 e. The van der Waals surface area contributed by atoms with Crippen molar-refractivity contribution in [1.29, 1.82) is 0 Å². The van der Waals surface area contributed by atoms with Crippen molar-refractivity contribution in [1.82, 2.24) is 15.3 Å². The van der Waals surface area contributed by atoms with E-state index >= 15 is 0 Å². The number of unbranched alkanes of at least 4 members (excludes halogenated alkanes) is 1. The SMILES string of the molecule is CCCCN(CC1CCCN1)c1nc(C)cc(C)n1. The lowest BCUT2D eigenvalue weighted by molar-refractivity contribution is 0.564. The number of rotatable bonds is 6. The van der Waals surface area contributed by atoms with Crippen LogP contribution in [-0.2, 0) is 0 Å².